The van der Waals surface area contributed by atoms with Crippen molar-refractivity contribution in [3.8, 4) is 0 Å². The molecule has 3 rings (SSSR count). The molecular weight excluding hydrogens is 336 g/mol. The van der Waals surface area contributed by atoms with E-state index in [1.807, 2.05) is 42.5 Å². The maximum atomic E-state index is 12.0. The van der Waals surface area contributed by atoms with E-state index in [0.29, 0.717) is 15.8 Å². The number of hydrogen-bond donors (Lipinski definition) is 2. The van der Waals surface area contributed by atoms with Gasteiger partial charge in [0, 0.05) is 0 Å². The lowest BCUT2D eigenvalue weighted by molar-refractivity contribution is -0.115. The van der Waals surface area contributed by atoms with E-state index in [-0.39, 0.29) is 11.5 Å². The Hall–Kier alpha value is -3.12. The van der Waals surface area contributed by atoms with Crippen molar-refractivity contribution < 1.29 is 14.7 Å². The third kappa shape index (κ3) is 4.45. The van der Waals surface area contributed by atoms with E-state index in [2.05, 4.69) is 10.3 Å². The van der Waals surface area contributed by atoms with Crippen molar-refractivity contribution in [2.45, 2.75) is 0 Å². The molecule has 1 amide bonds. The summed E-state index contributed by atoms with van der Waals surface area (Å²) in [5.74, 6) is -1.24. The number of thioether (sulfide) groups is 1. The molecule has 6 heteroatoms. The first-order valence-corrected chi connectivity index (χ1v) is 8.28. The number of carbonyl (C=O) groups is 2. The predicted octanol–water partition coefficient (Wildman–Crippen LogP) is 3.83. The number of hydrogen-bond acceptors (Lipinski definition) is 4. The van der Waals surface area contributed by atoms with Crippen molar-refractivity contribution in [1.82, 2.24) is 5.32 Å². The second kappa shape index (κ2) is 7.63. The molecule has 1 saturated heterocycles. The number of nitrogens with one attached hydrogen (secondary N) is 1. The van der Waals surface area contributed by atoms with Crippen LogP contribution in [0.4, 0.5) is 5.69 Å². The number of aromatic carboxylic acids is 1. The Morgan fingerprint density at radius 1 is 1.12 bits per heavy atom. The predicted molar refractivity (Wildman–Crippen MR) is 99.8 cm³/mol. The Balaban J connectivity index is 1.74. The number of amides is 1. The highest BCUT2D eigenvalue weighted by molar-refractivity contribution is 8.18. The van der Waals surface area contributed by atoms with Crippen LogP contribution in [0.15, 0.2) is 76.6 Å². The van der Waals surface area contributed by atoms with Crippen molar-refractivity contribution in [3.63, 3.8) is 0 Å². The molecule has 0 spiro atoms. The van der Waals surface area contributed by atoms with Gasteiger partial charge < -0.3 is 10.4 Å². The van der Waals surface area contributed by atoms with E-state index in [9.17, 15) is 9.59 Å². The van der Waals surface area contributed by atoms with Gasteiger partial charge in [-0.1, -0.05) is 48.6 Å². The minimum absolute atomic E-state index is 0.151. The molecule has 1 fully saturated rings. The zero-order valence-corrected chi connectivity index (χ0v) is 13.9. The summed E-state index contributed by atoms with van der Waals surface area (Å²) >= 11 is 1.21. The van der Waals surface area contributed by atoms with E-state index >= 15 is 0 Å². The summed E-state index contributed by atoms with van der Waals surface area (Å²) in [7, 11) is 0. The molecular formula is C19H14N2O3S. The zero-order chi connectivity index (χ0) is 17.6. The van der Waals surface area contributed by atoms with E-state index in [1.54, 1.807) is 18.2 Å². The van der Waals surface area contributed by atoms with Crippen LogP contribution in [-0.4, -0.2) is 22.2 Å². The van der Waals surface area contributed by atoms with Gasteiger partial charge in [0.15, 0.2) is 5.17 Å². The first-order chi connectivity index (χ1) is 12.1. The van der Waals surface area contributed by atoms with Gasteiger partial charge in [-0.15, -0.1) is 0 Å². The number of carbonyl (C=O) groups excluding carboxylic acids is 1. The van der Waals surface area contributed by atoms with Gasteiger partial charge >= 0.3 is 5.97 Å². The molecule has 0 aliphatic carbocycles. The highest BCUT2D eigenvalue weighted by Gasteiger charge is 2.23. The fraction of sp³-hybridized carbons (Fsp3) is 0. The summed E-state index contributed by atoms with van der Waals surface area (Å²) in [4.78, 5) is 27.8. The van der Waals surface area contributed by atoms with Crippen molar-refractivity contribution in [3.05, 3.63) is 82.8 Å². The van der Waals surface area contributed by atoms with Crippen LogP contribution in [0, 0.1) is 0 Å². The van der Waals surface area contributed by atoms with Crippen LogP contribution in [0.5, 0.6) is 0 Å². The van der Waals surface area contributed by atoms with Gasteiger partial charge in [0.05, 0.1) is 16.2 Å². The zero-order valence-electron chi connectivity index (χ0n) is 13.0. The highest BCUT2D eigenvalue weighted by atomic mass is 32.2. The lowest BCUT2D eigenvalue weighted by Crippen LogP contribution is -2.19. The van der Waals surface area contributed by atoms with Gasteiger partial charge in [0.1, 0.15) is 0 Å². The van der Waals surface area contributed by atoms with E-state index < -0.39 is 5.97 Å². The molecule has 0 radical (unpaired) electrons. The fourth-order valence-electron chi connectivity index (χ4n) is 2.13. The van der Waals surface area contributed by atoms with Crippen LogP contribution in [-0.2, 0) is 4.79 Å². The number of amidine groups is 1. The summed E-state index contributed by atoms with van der Waals surface area (Å²) in [6.07, 6.45) is 5.45. The Kier molecular flexibility index (Phi) is 5.11. The molecule has 1 aliphatic rings. The molecule has 0 bridgehead atoms. The quantitative estimate of drug-likeness (QED) is 0.822. The lowest BCUT2D eigenvalue weighted by atomic mass is 10.2. The number of allylic oxidation sites excluding steroid dienone is 2. The number of rotatable bonds is 4. The van der Waals surface area contributed by atoms with Crippen molar-refractivity contribution in [2.75, 3.05) is 0 Å². The maximum absolute atomic E-state index is 12.0. The topological polar surface area (TPSA) is 78.8 Å². The minimum atomic E-state index is -1.02. The summed E-state index contributed by atoms with van der Waals surface area (Å²) in [6.45, 7) is 0. The van der Waals surface area contributed by atoms with Gasteiger partial charge in [-0.05, 0) is 41.6 Å². The monoisotopic (exact) mass is 350 g/mol. The molecule has 1 heterocycles. The minimum Gasteiger partial charge on any atom is -0.478 e. The standard InChI is InChI=1S/C19H14N2O3S/c22-17-16(11-4-8-13-6-2-1-3-7-13)25-19(21-17)20-15-10-5-9-14(12-15)18(23)24/h1-12H,(H,23,24)(H,20,21,22)/b8-4+,16-11+. The Morgan fingerprint density at radius 3 is 2.68 bits per heavy atom. The molecule has 5 nitrogen and oxygen atoms in total. The molecule has 0 aromatic heterocycles. The average Bonchev–Trinajstić information content (AvgIpc) is 2.95. The van der Waals surface area contributed by atoms with Crippen molar-refractivity contribution in [1.29, 1.82) is 0 Å². The first-order valence-electron chi connectivity index (χ1n) is 7.46. The third-order valence-corrected chi connectivity index (χ3v) is 4.24. The van der Waals surface area contributed by atoms with Crippen molar-refractivity contribution >= 4 is 40.6 Å². The molecule has 0 atom stereocenters. The van der Waals surface area contributed by atoms with Gasteiger partial charge in [-0.3, -0.25) is 4.79 Å². The van der Waals surface area contributed by atoms with Gasteiger partial charge in [-0.25, -0.2) is 9.79 Å². The number of aliphatic imine (C=N–C) groups is 1. The Bertz CT molecular complexity index is 902. The van der Waals surface area contributed by atoms with E-state index in [4.69, 9.17) is 5.11 Å². The normalized spacial score (nSPS) is 17.4. The molecule has 0 saturated carbocycles. The maximum Gasteiger partial charge on any atom is 0.335 e. The average molecular weight is 350 g/mol. The summed E-state index contributed by atoms with van der Waals surface area (Å²) in [5.41, 5.74) is 1.67. The second-order valence-corrected chi connectivity index (χ2v) is 6.16. The smallest absolute Gasteiger partial charge is 0.335 e. The molecule has 124 valence electrons. The van der Waals surface area contributed by atoms with Crippen LogP contribution in [0.1, 0.15) is 15.9 Å². The van der Waals surface area contributed by atoms with Crippen LogP contribution in [0.3, 0.4) is 0 Å². The molecule has 1 aliphatic heterocycles. The van der Waals surface area contributed by atoms with E-state index in [1.165, 1.54) is 23.9 Å². The molecule has 2 N–H and O–H groups in total. The van der Waals surface area contributed by atoms with Gasteiger partial charge in [-0.2, -0.15) is 0 Å². The van der Waals surface area contributed by atoms with Crippen LogP contribution in [0.25, 0.3) is 6.08 Å². The number of carboxylic acids is 1. The van der Waals surface area contributed by atoms with Gasteiger partial charge in [0.2, 0.25) is 0 Å². The first kappa shape index (κ1) is 16.7. The Labute approximate surface area is 148 Å². The summed E-state index contributed by atoms with van der Waals surface area (Å²) < 4.78 is 0. The third-order valence-electron chi connectivity index (χ3n) is 3.31. The fourth-order valence-corrected chi connectivity index (χ4v) is 2.93. The van der Waals surface area contributed by atoms with Crippen LogP contribution < -0.4 is 5.32 Å². The van der Waals surface area contributed by atoms with Gasteiger partial charge in [0.25, 0.3) is 5.91 Å². The van der Waals surface area contributed by atoms with E-state index in [0.717, 1.165) is 5.56 Å². The van der Waals surface area contributed by atoms with Crippen LogP contribution in [0.2, 0.25) is 0 Å². The summed E-state index contributed by atoms with van der Waals surface area (Å²) in [6, 6.07) is 16.0. The molecule has 0 unspecified atom stereocenters. The second-order valence-electron chi connectivity index (χ2n) is 5.13. The largest absolute Gasteiger partial charge is 0.478 e. The molecule has 2 aromatic carbocycles. The summed E-state index contributed by atoms with van der Waals surface area (Å²) in [5, 5.41) is 12.1. The Morgan fingerprint density at radius 2 is 1.92 bits per heavy atom. The van der Waals surface area contributed by atoms with Crippen LogP contribution >= 0.6 is 11.8 Å². The number of carboxylic acid groups (broad SMARTS) is 1. The van der Waals surface area contributed by atoms with Crippen molar-refractivity contribution in [2.24, 2.45) is 4.99 Å². The molecule has 25 heavy (non-hydrogen) atoms. The number of nitrogens with zero attached hydrogens (tertiary/aromatic N) is 1. The molecule has 2 aromatic rings. The highest BCUT2D eigenvalue weighted by Crippen LogP contribution is 2.26. The SMILES string of the molecule is O=C1NC(=Nc2cccc(C(=O)O)c2)S/C1=C/C=C/c1ccccc1. The number of benzene rings is 2. The lowest BCUT2D eigenvalue weighted by Gasteiger charge is -1.98.